The zero-order chi connectivity index (χ0) is 13.5. The van der Waals surface area contributed by atoms with Crippen LogP contribution in [0.3, 0.4) is 0 Å². The molecule has 3 N–H and O–H groups in total. The Morgan fingerprint density at radius 2 is 2.06 bits per heavy atom. The summed E-state index contributed by atoms with van der Waals surface area (Å²) < 4.78 is 10.1. The van der Waals surface area contributed by atoms with Gasteiger partial charge in [-0.3, -0.25) is 10.1 Å². The lowest BCUT2D eigenvalue weighted by Gasteiger charge is -2.07. The second kappa shape index (κ2) is 6.10. The topological polar surface area (TPSA) is 114 Å². The summed E-state index contributed by atoms with van der Waals surface area (Å²) in [6.07, 6.45) is 0. The van der Waals surface area contributed by atoms with Crippen molar-refractivity contribution in [3.63, 3.8) is 0 Å². The van der Waals surface area contributed by atoms with Crippen LogP contribution >= 0.6 is 0 Å². The molecular weight excluding hydrogens is 238 g/mol. The Morgan fingerprint density at radius 3 is 2.61 bits per heavy atom. The minimum Gasteiger partial charge on any atom is -0.497 e. The molecule has 0 radical (unpaired) electrons. The van der Waals surface area contributed by atoms with Crippen LogP contribution in [0.2, 0.25) is 0 Å². The van der Waals surface area contributed by atoms with Crippen molar-refractivity contribution in [1.82, 2.24) is 5.32 Å². The molecule has 7 nitrogen and oxygen atoms in total. The van der Waals surface area contributed by atoms with Gasteiger partial charge in [-0.1, -0.05) is 0 Å². The number of benzene rings is 1. The van der Waals surface area contributed by atoms with E-state index in [2.05, 4.69) is 0 Å². The number of hydrogen-bond donors (Lipinski definition) is 2. The van der Waals surface area contributed by atoms with Crippen molar-refractivity contribution in [2.45, 2.75) is 0 Å². The number of nitrogens with one attached hydrogen (secondary N) is 1. The van der Waals surface area contributed by atoms with Gasteiger partial charge in [-0.25, -0.2) is 4.79 Å². The summed E-state index contributed by atoms with van der Waals surface area (Å²) in [5, 5.41) is 10.6. The number of imide groups is 1. The molecule has 1 rings (SSSR count). The highest BCUT2D eigenvalue weighted by molar-refractivity contribution is 5.94. The third kappa shape index (κ3) is 4.02. The molecule has 1 aromatic carbocycles. The summed E-state index contributed by atoms with van der Waals surface area (Å²) in [4.78, 5) is 21.5. The van der Waals surface area contributed by atoms with Gasteiger partial charge in [-0.2, -0.15) is 5.26 Å². The van der Waals surface area contributed by atoms with E-state index in [-0.39, 0.29) is 12.4 Å². The number of ether oxygens (including phenoxy) is 2. The SMILES string of the molecule is COc1cc(C#N)cc(OCC(=O)NC(N)=O)c1. The zero-order valence-corrected chi connectivity index (χ0v) is 9.60. The Bertz CT molecular complexity index is 508. The Morgan fingerprint density at radius 1 is 1.39 bits per heavy atom. The molecule has 1 aromatic rings. The van der Waals surface area contributed by atoms with Gasteiger partial charge in [-0.15, -0.1) is 0 Å². The van der Waals surface area contributed by atoms with Crippen LogP contribution in [0.4, 0.5) is 4.79 Å². The number of carbonyl (C=O) groups excluding carboxylic acids is 2. The van der Waals surface area contributed by atoms with Crippen LogP contribution < -0.4 is 20.5 Å². The van der Waals surface area contributed by atoms with Gasteiger partial charge in [0.25, 0.3) is 5.91 Å². The number of urea groups is 1. The molecule has 0 aliphatic rings. The van der Waals surface area contributed by atoms with Crippen LogP contribution in [0.5, 0.6) is 11.5 Å². The maximum Gasteiger partial charge on any atom is 0.318 e. The molecule has 0 atom stereocenters. The van der Waals surface area contributed by atoms with Gasteiger partial charge < -0.3 is 15.2 Å². The van der Waals surface area contributed by atoms with Crippen LogP contribution in [0.15, 0.2) is 18.2 Å². The number of carbonyl (C=O) groups is 2. The van der Waals surface area contributed by atoms with Crippen LogP contribution in [-0.4, -0.2) is 25.7 Å². The number of nitriles is 1. The molecule has 0 aliphatic heterocycles. The van der Waals surface area contributed by atoms with Gasteiger partial charge in [0.15, 0.2) is 6.61 Å². The van der Waals surface area contributed by atoms with Crippen molar-refractivity contribution in [3.05, 3.63) is 23.8 Å². The minimum absolute atomic E-state index is 0.283. The zero-order valence-electron chi connectivity index (χ0n) is 9.60. The Balaban J connectivity index is 2.70. The molecular formula is C11H11N3O4. The third-order valence-corrected chi connectivity index (χ3v) is 1.88. The molecule has 0 spiro atoms. The van der Waals surface area contributed by atoms with E-state index in [1.54, 1.807) is 0 Å². The number of primary amides is 1. The van der Waals surface area contributed by atoms with Crippen molar-refractivity contribution in [2.75, 3.05) is 13.7 Å². The second-order valence-electron chi connectivity index (χ2n) is 3.21. The fourth-order valence-electron chi connectivity index (χ4n) is 1.16. The first kappa shape index (κ1) is 13.3. The van der Waals surface area contributed by atoms with E-state index < -0.39 is 11.9 Å². The second-order valence-corrected chi connectivity index (χ2v) is 3.21. The standard InChI is InChI=1S/C11H11N3O4/c1-17-8-2-7(5-12)3-9(4-8)18-6-10(15)14-11(13)16/h2-4H,6H2,1H3,(H3,13,14,15,16). The summed E-state index contributed by atoms with van der Waals surface area (Å²) in [6, 6.07) is 5.46. The molecule has 0 saturated heterocycles. The van der Waals surface area contributed by atoms with E-state index in [1.165, 1.54) is 25.3 Å². The maximum absolute atomic E-state index is 11.1. The highest BCUT2D eigenvalue weighted by Crippen LogP contribution is 2.22. The van der Waals surface area contributed by atoms with Gasteiger partial charge in [0.05, 0.1) is 18.7 Å². The van der Waals surface area contributed by atoms with Crippen LogP contribution in [0, 0.1) is 11.3 Å². The van der Waals surface area contributed by atoms with Crippen molar-refractivity contribution in [2.24, 2.45) is 5.73 Å². The largest absolute Gasteiger partial charge is 0.497 e. The molecule has 3 amide bonds. The van der Waals surface area contributed by atoms with Crippen molar-refractivity contribution < 1.29 is 19.1 Å². The lowest BCUT2D eigenvalue weighted by Crippen LogP contribution is -2.38. The Kier molecular flexibility index (Phi) is 4.51. The first-order chi connectivity index (χ1) is 8.55. The minimum atomic E-state index is -0.952. The van der Waals surface area contributed by atoms with Crippen LogP contribution in [0.25, 0.3) is 0 Å². The van der Waals surface area contributed by atoms with E-state index in [4.69, 9.17) is 20.5 Å². The van der Waals surface area contributed by atoms with Crippen molar-refractivity contribution >= 4 is 11.9 Å². The number of nitrogens with two attached hydrogens (primary N) is 1. The monoisotopic (exact) mass is 249 g/mol. The third-order valence-electron chi connectivity index (χ3n) is 1.88. The predicted molar refractivity (Wildman–Crippen MR) is 60.9 cm³/mol. The predicted octanol–water partition coefficient (Wildman–Crippen LogP) is 0.141. The molecule has 0 aliphatic carbocycles. The lowest BCUT2D eigenvalue weighted by molar-refractivity contribution is -0.121. The van der Waals surface area contributed by atoms with Gasteiger partial charge in [0.1, 0.15) is 11.5 Å². The number of methoxy groups -OCH3 is 1. The summed E-state index contributed by atoms with van der Waals surface area (Å²) in [5.74, 6) is 0.0358. The fraction of sp³-hybridized carbons (Fsp3) is 0.182. The molecule has 0 saturated carbocycles. The maximum atomic E-state index is 11.1. The lowest BCUT2D eigenvalue weighted by atomic mass is 10.2. The molecule has 94 valence electrons. The number of rotatable bonds is 4. The molecule has 0 heterocycles. The summed E-state index contributed by atoms with van der Waals surface area (Å²) in [5.41, 5.74) is 5.10. The number of nitrogens with zero attached hydrogens (tertiary/aromatic N) is 1. The Labute approximate surface area is 103 Å². The highest BCUT2D eigenvalue weighted by Gasteiger charge is 2.07. The fourth-order valence-corrected chi connectivity index (χ4v) is 1.16. The molecule has 7 heteroatoms. The number of amides is 3. The first-order valence-electron chi connectivity index (χ1n) is 4.86. The molecule has 0 unspecified atom stereocenters. The van der Waals surface area contributed by atoms with E-state index in [9.17, 15) is 9.59 Å². The Hall–Kier alpha value is -2.75. The van der Waals surface area contributed by atoms with Gasteiger partial charge in [0, 0.05) is 6.07 Å². The van der Waals surface area contributed by atoms with Gasteiger partial charge >= 0.3 is 6.03 Å². The summed E-state index contributed by atoms with van der Waals surface area (Å²) in [7, 11) is 1.44. The van der Waals surface area contributed by atoms with E-state index in [0.717, 1.165) is 0 Å². The highest BCUT2D eigenvalue weighted by atomic mass is 16.5. The van der Waals surface area contributed by atoms with Gasteiger partial charge in [0.2, 0.25) is 0 Å². The van der Waals surface area contributed by atoms with E-state index in [0.29, 0.717) is 11.3 Å². The van der Waals surface area contributed by atoms with E-state index >= 15 is 0 Å². The normalized spacial score (nSPS) is 9.11. The average molecular weight is 249 g/mol. The van der Waals surface area contributed by atoms with Crippen LogP contribution in [-0.2, 0) is 4.79 Å². The molecule has 0 bridgehead atoms. The molecule has 0 fully saturated rings. The average Bonchev–Trinajstić information content (AvgIpc) is 2.35. The molecule has 0 aromatic heterocycles. The summed E-state index contributed by atoms with van der Waals surface area (Å²) in [6.45, 7) is -0.388. The smallest absolute Gasteiger partial charge is 0.318 e. The number of hydrogen-bond acceptors (Lipinski definition) is 5. The summed E-state index contributed by atoms with van der Waals surface area (Å²) >= 11 is 0. The van der Waals surface area contributed by atoms with Crippen LogP contribution in [0.1, 0.15) is 5.56 Å². The molecule has 18 heavy (non-hydrogen) atoms. The van der Waals surface area contributed by atoms with Crippen molar-refractivity contribution in [1.29, 1.82) is 5.26 Å². The van der Waals surface area contributed by atoms with Gasteiger partial charge in [-0.05, 0) is 12.1 Å². The first-order valence-corrected chi connectivity index (χ1v) is 4.86. The van der Waals surface area contributed by atoms with Crippen molar-refractivity contribution in [3.8, 4) is 17.6 Å². The van der Waals surface area contributed by atoms with E-state index in [1.807, 2.05) is 11.4 Å². The quantitative estimate of drug-likeness (QED) is 0.787.